The zero-order valence-electron chi connectivity index (χ0n) is 8.90. The minimum absolute atomic E-state index is 0. The smallest absolute Gasteiger partial charge is 0.445 e. The van der Waals surface area contributed by atoms with E-state index in [0.29, 0.717) is 6.54 Å². The molecule has 0 saturated carbocycles. The molecule has 78 valence electrons. The van der Waals surface area contributed by atoms with Crippen LogP contribution < -0.4 is 51.4 Å². The molecule has 14 heavy (non-hydrogen) atoms. The van der Waals surface area contributed by atoms with Crippen LogP contribution in [0.4, 0.5) is 12.9 Å². The number of hydrogen-bond donors (Lipinski definition) is 0. The summed E-state index contributed by atoms with van der Waals surface area (Å²) >= 11 is 1.62. The number of halogens is 3. The largest absolute Gasteiger partial charge is 1.00 e. The summed E-state index contributed by atoms with van der Waals surface area (Å²) in [6, 6.07) is 0. The van der Waals surface area contributed by atoms with Crippen LogP contribution in [0, 0.1) is 0 Å². The molecule has 1 nitrogen and oxygen atoms in total. The molecule has 0 atom stereocenters. The maximum atomic E-state index is 12.1. The van der Waals surface area contributed by atoms with Crippen molar-refractivity contribution in [2.24, 2.45) is 0 Å². The quantitative estimate of drug-likeness (QED) is 0.570. The van der Waals surface area contributed by atoms with Crippen molar-refractivity contribution in [3.8, 4) is 0 Å². The Labute approximate surface area is 130 Å². The maximum absolute atomic E-state index is 12.1. The van der Waals surface area contributed by atoms with E-state index in [1.165, 1.54) is 0 Å². The van der Waals surface area contributed by atoms with Gasteiger partial charge in [-0.1, -0.05) is 0 Å². The van der Waals surface area contributed by atoms with E-state index in [2.05, 4.69) is 6.58 Å². The van der Waals surface area contributed by atoms with Crippen LogP contribution >= 0.6 is 11.8 Å². The molecule has 0 aliphatic carbocycles. The van der Waals surface area contributed by atoms with Gasteiger partial charge in [-0.2, -0.15) is 11.8 Å². The summed E-state index contributed by atoms with van der Waals surface area (Å²) in [6.45, 7) is -1.26. The molecule has 0 fully saturated rings. The molecule has 0 amide bonds. The van der Waals surface area contributed by atoms with Crippen LogP contribution in [0.5, 0.6) is 0 Å². The molecule has 0 aliphatic heterocycles. The summed E-state index contributed by atoms with van der Waals surface area (Å²) in [5.74, 6) is 0.842. The van der Waals surface area contributed by atoms with Crippen molar-refractivity contribution in [3.63, 3.8) is 0 Å². The maximum Gasteiger partial charge on any atom is 1.00 e. The second-order valence-corrected chi connectivity index (χ2v) is 3.95. The first-order valence-electron chi connectivity index (χ1n) is 3.93. The van der Waals surface area contributed by atoms with Crippen LogP contribution in [-0.4, -0.2) is 44.0 Å². The first kappa shape index (κ1) is 17.9. The molecule has 7 heteroatoms. The van der Waals surface area contributed by atoms with E-state index in [-0.39, 0.29) is 57.9 Å². The first-order valence-corrected chi connectivity index (χ1v) is 5.32. The molecule has 0 radical (unpaired) electrons. The van der Waals surface area contributed by atoms with Gasteiger partial charge in [0, 0.05) is 12.3 Å². The fourth-order valence-electron chi connectivity index (χ4n) is 0.776. The van der Waals surface area contributed by atoms with Gasteiger partial charge in [0.05, 0.1) is 0 Å². The minimum Gasteiger partial charge on any atom is -0.445 e. The third-order valence-electron chi connectivity index (χ3n) is 1.61. The molecule has 0 aromatic heterocycles. The summed E-state index contributed by atoms with van der Waals surface area (Å²) in [4.78, 5) is 1.63. The van der Waals surface area contributed by atoms with Gasteiger partial charge in [0.15, 0.2) is 0 Å². The molecule has 0 unspecified atom stereocenters. The third kappa shape index (κ3) is 8.82. The number of rotatable bonds is 6. The van der Waals surface area contributed by atoms with Crippen molar-refractivity contribution < 1.29 is 64.3 Å². The molecule has 0 heterocycles. The molecule has 0 aliphatic rings. The Hall–Kier alpha value is 1.54. The number of likely N-dealkylation sites (N-methyl/N-ethyl adjacent to an activating group) is 1. The van der Waals surface area contributed by atoms with E-state index in [1.54, 1.807) is 23.7 Å². The fraction of sp³-hybridized carbons (Fsp3) is 0.714. The molecular weight excluding hydrogens is 237 g/mol. The Bertz CT molecular complexity index is 177. The molecule has 0 saturated heterocycles. The Balaban J connectivity index is 0. The molecule has 0 spiro atoms. The third-order valence-corrected chi connectivity index (χ3v) is 2.20. The predicted molar refractivity (Wildman–Crippen MR) is 54.1 cm³/mol. The molecular formula is C7H14BF3KNS. The molecule has 0 bridgehead atoms. The molecule has 0 rings (SSSR count). The second kappa shape index (κ2) is 8.67. The number of nitrogens with zero attached hydrogens (tertiary/aromatic N) is 1. The zero-order valence-corrected chi connectivity index (χ0v) is 12.8. The molecule has 0 aromatic carbocycles. The van der Waals surface area contributed by atoms with E-state index in [1.807, 2.05) is 6.26 Å². The Morgan fingerprint density at radius 3 is 2.29 bits per heavy atom. The van der Waals surface area contributed by atoms with Crippen LogP contribution in [0.1, 0.15) is 0 Å². The van der Waals surface area contributed by atoms with Crippen LogP contribution in [0.25, 0.3) is 0 Å². The van der Waals surface area contributed by atoms with Gasteiger partial charge in [-0.15, -0.1) is 12.1 Å². The summed E-state index contributed by atoms with van der Waals surface area (Å²) in [5.41, 5.74) is -0.622. The number of thioether (sulfide) groups is 1. The van der Waals surface area contributed by atoms with Crippen molar-refractivity contribution in [1.82, 2.24) is 4.90 Å². The SMILES string of the molecule is C=C(CN(C)CCSC)[B-](F)(F)F.[K+]. The van der Waals surface area contributed by atoms with Gasteiger partial charge in [-0.3, -0.25) is 0 Å². The molecule has 0 N–H and O–H groups in total. The summed E-state index contributed by atoms with van der Waals surface area (Å²) in [7, 11) is 1.67. The van der Waals surface area contributed by atoms with E-state index in [0.717, 1.165) is 5.75 Å². The van der Waals surface area contributed by atoms with Crippen molar-refractivity contribution >= 4 is 18.7 Å². The standard InChI is InChI=1S/C7H14BF3NS.K/c1-7(8(9,10)11)6-12(2)4-5-13-3;/h1,4-6H2,2-3H3;/q-1;+1. The Morgan fingerprint density at radius 2 is 1.93 bits per heavy atom. The van der Waals surface area contributed by atoms with Crippen molar-refractivity contribution in [2.75, 3.05) is 32.1 Å². The van der Waals surface area contributed by atoms with Crippen molar-refractivity contribution in [2.45, 2.75) is 0 Å². The van der Waals surface area contributed by atoms with Gasteiger partial charge in [0.2, 0.25) is 0 Å². The topological polar surface area (TPSA) is 3.24 Å². The summed E-state index contributed by atoms with van der Waals surface area (Å²) in [6.07, 6.45) is 1.93. The van der Waals surface area contributed by atoms with Gasteiger partial charge >= 0.3 is 58.4 Å². The van der Waals surface area contributed by atoms with Gasteiger partial charge < -0.3 is 17.8 Å². The number of hydrogen-bond acceptors (Lipinski definition) is 2. The Kier molecular flexibility index (Phi) is 11.1. The van der Waals surface area contributed by atoms with Crippen molar-refractivity contribution in [1.29, 1.82) is 0 Å². The predicted octanol–water partition coefficient (Wildman–Crippen LogP) is -0.772. The van der Waals surface area contributed by atoms with Gasteiger partial charge in [-0.05, 0) is 19.8 Å². The van der Waals surface area contributed by atoms with Crippen LogP contribution in [0.3, 0.4) is 0 Å². The van der Waals surface area contributed by atoms with E-state index < -0.39 is 12.4 Å². The van der Waals surface area contributed by atoms with Crippen LogP contribution in [0.2, 0.25) is 0 Å². The van der Waals surface area contributed by atoms with Crippen LogP contribution in [-0.2, 0) is 0 Å². The summed E-state index contributed by atoms with van der Waals surface area (Å²) in [5, 5.41) is 0. The zero-order chi connectivity index (χ0) is 10.5. The monoisotopic (exact) mass is 251 g/mol. The first-order chi connectivity index (χ1) is 5.88. The fourth-order valence-corrected chi connectivity index (χ4v) is 1.27. The van der Waals surface area contributed by atoms with E-state index in [4.69, 9.17) is 0 Å². The van der Waals surface area contributed by atoms with E-state index >= 15 is 0 Å². The normalized spacial score (nSPS) is 11.3. The average molecular weight is 251 g/mol. The molecule has 0 aromatic rings. The minimum atomic E-state index is -4.86. The second-order valence-electron chi connectivity index (χ2n) is 2.96. The summed E-state index contributed by atoms with van der Waals surface area (Å²) < 4.78 is 36.2. The van der Waals surface area contributed by atoms with Crippen LogP contribution in [0.15, 0.2) is 12.1 Å². The van der Waals surface area contributed by atoms with E-state index in [9.17, 15) is 12.9 Å². The van der Waals surface area contributed by atoms with Gasteiger partial charge in [0.25, 0.3) is 0 Å². The van der Waals surface area contributed by atoms with Crippen molar-refractivity contribution in [3.05, 3.63) is 12.1 Å². The average Bonchev–Trinajstić information content (AvgIpc) is 1.99. The van der Waals surface area contributed by atoms with Gasteiger partial charge in [0.1, 0.15) is 0 Å². The Morgan fingerprint density at radius 1 is 1.43 bits per heavy atom. The van der Waals surface area contributed by atoms with Gasteiger partial charge in [-0.25, -0.2) is 0 Å².